The lowest BCUT2D eigenvalue weighted by atomic mass is 10.4. The number of rotatable bonds is 1. The van der Waals surface area contributed by atoms with E-state index in [2.05, 4.69) is 0 Å². The highest BCUT2D eigenvalue weighted by atomic mass is 35.5. The summed E-state index contributed by atoms with van der Waals surface area (Å²) in [6.07, 6.45) is -0.586. The first kappa shape index (κ1) is 7.98. The van der Waals surface area contributed by atoms with Crippen LogP contribution in [-0.4, -0.2) is 23.7 Å². The van der Waals surface area contributed by atoms with Gasteiger partial charge < -0.3 is 9.47 Å². The van der Waals surface area contributed by atoms with Gasteiger partial charge in [0.05, 0.1) is 6.61 Å². The van der Waals surface area contributed by atoms with E-state index in [9.17, 15) is 4.79 Å². The highest BCUT2D eigenvalue weighted by molar-refractivity contribution is 6.64. The predicted octanol–water partition coefficient (Wildman–Crippen LogP) is 0.903. The third kappa shape index (κ3) is 1.68. The van der Waals surface area contributed by atoms with E-state index in [1.807, 2.05) is 0 Å². The molecule has 1 rings (SSSR count). The van der Waals surface area contributed by atoms with E-state index in [1.54, 1.807) is 13.8 Å². The molecule has 0 unspecified atom stereocenters. The molecular formula is C6H9ClO3. The molecule has 0 saturated carbocycles. The van der Waals surface area contributed by atoms with Gasteiger partial charge in [-0.2, -0.15) is 0 Å². The maximum absolute atomic E-state index is 10.5. The number of ether oxygens (including phenoxy) is 2. The fraction of sp³-hybridized carbons (Fsp3) is 0.833. The molecule has 0 N–H and O–H groups in total. The maximum atomic E-state index is 10.5. The molecule has 1 heterocycles. The summed E-state index contributed by atoms with van der Waals surface area (Å²) in [5.41, 5.74) is 0. The molecule has 58 valence electrons. The second-order valence-corrected chi connectivity index (χ2v) is 2.99. The number of hydrogen-bond donors (Lipinski definition) is 0. The van der Waals surface area contributed by atoms with Crippen molar-refractivity contribution in [1.82, 2.24) is 0 Å². The van der Waals surface area contributed by atoms with Gasteiger partial charge in [-0.05, 0) is 25.4 Å². The van der Waals surface area contributed by atoms with Gasteiger partial charge in [0, 0.05) is 0 Å². The van der Waals surface area contributed by atoms with Gasteiger partial charge in [0.2, 0.25) is 0 Å². The molecule has 1 saturated heterocycles. The SMILES string of the molecule is CC1(C)OC[C@H](C(=O)Cl)O1. The Hall–Kier alpha value is -0.120. The van der Waals surface area contributed by atoms with Crippen LogP contribution in [0, 0.1) is 0 Å². The number of carbonyl (C=O) groups excluding carboxylic acids is 1. The average molecular weight is 165 g/mol. The standard InChI is InChI=1S/C6H9ClO3/c1-6(2)9-3-4(10-6)5(7)8/h4H,3H2,1-2H3/t4-/m1/s1. The van der Waals surface area contributed by atoms with Crippen molar-refractivity contribution in [1.29, 1.82) is 0 Å². The number of carbonyl (C=O) groups is 1. The summed E-state index contributed by atoms with van der Waals surface area (Å²) in [5.74, 6) is -0.658. The maximum Gasteiger partial charge on any atom is 0.253 e. The van der Waals surface area contributed by atoms with E-state index in [1.165, 1.54) is 0 Å². The summed E-state index contributed by atoms with van der Waals surface area (Å²) in [6, 6.07) is 0. The van der Waals surface area contributed by atoms with Crippen molar-refractivity contribution < 1.29 is 14.3 Å². The van der Waals surface area contributed by atoms with E-state index in [0.29, 0.717) is 0 Å². The number of hydrogen-bond acceptors (Lipinski definition) is 3. The van der Waals surface area contributed by atoms with Gasteiger partial charge in [-0.25, -0.2) is 0 Å². The minimum absolute atomic E-state index is 0.259. The van der Waals surface area contributed by atoms with Crippen LogP contribution in [0.1, 0.15) is 13.8 Å². The van der Waals surface area contributed by atoms with Crippen LogP contribution >= 0.6 is 11.6 Å². The van der Waals surface area contributed by atoms with Crippen molar-refractivity contribution in [3.8, 4) is 0 Å². The first-order chi connectivity index (χ1) is 4.51. The Bertz CT molecular complexity index is 155. The zero-order valence-electron chi connectivity index (χ0n) is 5.89. The molecule has 1 atom stereocenters. The van der Waals surface area contributed by atoms with E-state index in [-0.39, 0.29) is 6.61 Å². The molecule has 0 aromatic heterocycles. The van der Waals surface area contributed by atoms with Crippen LogP contribution < -0.4 is 0 Å². The average Bonchev–Trinajstić information content (AvgIpc) is 2.10. The zero-order chi connectivity index (χ0) is 7.78. The monoisotopic (exact) mass is 164 g/mol. The lowest BCUT2D eigenvalue weighted by molar-refractivity contribution is -0.147. The normalized spacial score (nSPS) is 30.5. The molecule has 3 nitrogen and oxygen atoms in total. The van der Waals surface area contributed by atoms with Crippen LogP contribution in [0.3, 0.4) is 0 Å². The van der Waals surface area contributed by atoms with E-state index < -0.39 is 17.1 Å². The third-order valence-corrected chi connectivity index (χ3v) is 1.50. The lowest BCUT2D eigenvalue weighted by Gasteiger charge is -2.15. The zero-order valence-corrected chi connectivity index (χ0v) is 6.64. The Kier molecular flexibility index (Phi) is 1.99. The molecule has 0 amide bonds. The molecule has 1 fully saturated rings. The van der Waals surface area contributed by atoms with Gasteiger partial charge in [-0.3, -0.25) is 4.79 Å². The predicted molar refractivity (Wildman–Crippen MR) is 35.8 cm³/mol. The lowest BCUT2D eigenvalue weighted by Crippen LogP contribution is -2.24. The Morgan fingerprint density at radius 2 is 2.30 bits per heavy atom. The molecule has 0 aromatic carbocycles. The highest BCUT2D eigenvalue weighted by Gasteiger charge is 2.35. The minimum atomic E-state index is -0.658. The van der Waals surface area contributed by atoms with Gasteiger partial charge in [0.15, 0.2) is 11.9 Å². The molecular weight excluding hydrogens is 156 g/mol. The van der Waals surface area contributed by atoms with Crippen LogP contribution in [0.4, 0.5) is 0 Å². The molecule has 4 heteroatoms. The van der Waals surface area contributed by atoms with Crippen molar-refractivity contribution in [2.75, 3.05) is 6.61 Å². The fourth-order valence-electron chi connectivity index (χ4n) is 0.799. The Balaban J connectivity index is 2.51. The summed E-state index contributed by atoms with van der Waals surface area (Å²) in [7, 11) is 0. The smallest absolute Gasteiger partial charge is 0.253 e. The number of halogens is 1. The van der Waals surface area contributed by atoms with E-state index >= 15 is 0 Å². The largest absolute Gasteiger partial charge is 0.347 e. The van der Waals surface area contributed by atoms with Gasteiger partial charge >= 0.3 is 0 Å². The summed E-state index contributed by atoms with van der Waals surface area (Å²) >= 11 is 5.17. The summed E-state index contributed by atoms with van der Waals surface area (Å²) in [6.45, 7) is 3.75. The molecule has 0 aromatic rings. The Morgan fingerprint density at radius 1 is 1.70 bits per heavy atom. The first-order valence-corrected chi connectivity index (χ1v) is 3.40. The van der Waals surface area contributed by atoms with Crippen LogP contribution in [0.15, 0.2) is 0 Å². The van der Waals surface area contributed by atoms with Crippen molar-refractivity contribution in [3.05, 3.63) is 0 Å². The minimum Gasteiger partial charge on any atom is -0.347 e. The molecule has 10 heavy (non-hydrogen) atoms. The van der Waals surface area contributed by atoms with E-state index in [4.69, 9.17) is 21.1 Å². The van der Waals surface area contributed by atoms with Crippen LogP contribution in [-0.2, 0) is 14.3 Å². The molecule has 1 aliphatic rings. The summed E-state index contributed by atoms with van der Waals surface area (Å²) in [5, 5.41) is -0.495. The summed E-state index contributed by atoms with van der Waals surface area (Å²) < 4.78 is 10.2. The van der Waals surface area contributed by atoms with Gasteiger partial charge in [-0.15, -0.1) is 0 Å². The van der Waals surface area contributed by atoms with Gasteiger partial charge in [-0.1, -0.05) is 0 Å². The Labute approximate surface area is 64.3 Å². The third-order valence-electron chi connectivity index (χ3n) is 1.26. The van der Waals surface area contributed by atoms with Crippen LogP contribution in [0.5, 0.6) is 0 Å². The molecule has 0 aliphatic carbocycles. The molecule has 0 spiro atoms. The highest BCUT2D eigenvalue weighted by Crippen LogP contribution is 2.23. The van der Waals surface area contributed by atoms with Gasteiger partial charge in [0.1, 0.15) is 0 Å². The van der Waals surface area contributed by atoms with Crippen LogP contribution in [0.25, 0.3) is 0 Å². The van der Waals surface area contributed by atoms with Crippen LogP contribution in [0.2, 0.25) is 0 Å². The molecule has 0 radical (unpaired) electrons. The Morgan fingerprint density at radius 3 is 2.50 bits per heavy atom. The topological polar surface area (TPSA) is 35.5 Å². The van der Waals surface area contributed by atoms with Crippen molar-refractivity contribution >= 4 is 16.8 Å². The van der Waals surface area contributed by atoms with Gasteiger partial charge in [0.25, 0.3) is 5.24 Å². The second-order valence-electron chi connectivity index (χ2n) is 2.62. The van der Waals surface area contributed by atoms with Crippen molar-refractivity contribution in [3.63, 3.8) is 0 Å². The van der Waals surface area contributed by atoms with E-state index in [0.717, 1.165) is 0 Å². The second kappa shape index (κ2) is 2.49. The van der Waals surface area contributed by atoms with Crippen molar-refractivity contribution in [2.24, 2.45) is 0 Å². The molecule has 1 aliphatic heterocycles. The quantitative estimate of drug-likeness (QED) is 0.541. The fourth-order valence-corrected chi connectivity index (χ4v) is 0.906. The first-order valence-electron chi connectivity index (χ1n) is 3.02. The summed E-state index contributed by atoms with van der Waals surface area (Å²) in [4.78, 5) is 10.5. The van der Waals surface area contributed by atoms with Crippen molar-refractivity contribution in [2.45, 2.75) is 25.7 Å². The molecule has 0 bridgehead atoms.